The average Bonchev–Trinajstić information content (AvgIpc) is 3.38. The molecule has 2 heterocycles. The summed E-state index contributed by atoms with van der Waals surface area (Å²) in [6, 6.07) is 10.6. The van der Waals surface area contributed by atoms with Gasteiger partial charge < -0.3 is 5.32 Å². The van der Waals surface area contributed by atoms with E-state index in [1.807, 2.05) is 24.3 Å². The molecule has 3 aromatic rings. The largest absolute Gasteiger partial charge is 0.351 e. The molecular weight excluding hydrogens is 422 g/mol. The molecule has 2 aromatic heterocycles. The quantitative estimate of drug-likeness (QED) is 0.580. The molecule has 0 unspecified atom stereocenters. The van der Waals surface area contributed by atoms with Crippen LogP contribution in [0.25, 0.3) is 0 Å². The molecule has 4 rings (SSSR count). The number of nitrogens with zero attached hydrogens (tertiary/aromatic N) is 4. The van der Waals surface area contributed by atoms with Crippen LogP contribution in [-0.4, -0.2) is 32.4 Å². The fourth-order valence-electron chi connectivity index (χ4n) is 4.15. The van der Waals surface area contributed by atoms with Gasteiger partial charge in [0.15, 0.2) is 5.69 Å². The van der Waals surface area contributed by atoms with E-state index in [1.54, 1.807) is 29.9 Å². The lowest BCUT2D eigenvalue weighted by atomic mass is 9.94. The van der Waals surface area contributed by atoms with Crippen LogP contribution in [0.2, 0.25) is 0 Å². The van der Waals surface area contributed by atoms with Gasteiger partial charge in [-0.25, -0.2) is 0 Å². The highest BCUT2D eigenvalue weighted by molar-refractivity contribution is 7.03. The van der Waals surface area contributed by atoms with E-state index in [-0.39, 0.29) is 23.6 Å². The molecule has 1 saturated carbocycles. The lowest BCUT2D eigenvalue weighted by Crippen LogP contribution is -2.47. The third-order valence-electron chi connectivity index (χ3n) is 5.90. The third kappa shape index (κ3) is 5.02. The molecule has 8 heteroatoms. The van der Waals surface area contributed by atoms with Gasteiger partial charge in [0.25, 0.3) is 5.91 Å². The Morgan fingerprint density at radius 2 is 1.81 bits per heavy atom. The van der Waals surface area contributed by atoms with Gasteiger partial charge >= 0.3 is 0 Å². The van der Waals surface area contributed by atoms with Crippen LogP contribution in [0.4, 0.5) is 5.69 Å². The first-order valence-electron chi connectivity index (χ1n) is 11.1. The van der Waals surface area contributed by atoms with Gasteiger partial charge in [0.1, 0.15) is 6.04 Å². The Balaban J connectivity index is 1.76. The van der Waals surface area contributed by atoms with Crippen molar-refractivity contribution >= 4 is 29.0 Å². The van der Waals surface area contributed by atoms with Gasteiger partial charge in [-0.1, -0.05) is 42.8 Å². The van der Waals surface area contributed by atoms with Crippen LogP contribution < -0.4 is 10.2 Å². The standard InChI is InChI=1S/C24H27N5O2S/c1-2-17-8-10-20(11-9-17)29(24(31)21-16-32-28-27-21)22(18-12-14-25-15-13-18)23(30)26-19-6-4-3-5-7-19/h8-16,19,22H,2-7H2,1H3,(H,26,30)/t22-/m1/s1. The van der Waals surface area contributed by atoms with Crippen molar-refractivity contribution in [3.05, 3.63) is 71.0 Å². The minimum Gasteiger partial charge on any atom is -0.351 e. The molecule has 1 fully saturated rings. The number of anilines is 1. The normalized spacial score (nSPS) is 15.2. The van der Waals surface area contributed by atoms with Gasteiger partial charge in [-0.05, 0) is 66.2 Å². The van der Waals surface area contributed by atoms with Crippen molar-refractivity contribution in [2.75, 3.05) is 4.90 Å². The van der Waals surface area contributed by atoms with Crippen molar-refractivity contribution in [1.29, 1.82) is 0 Å². The van der Waals surface area contributed by atoms with Gasteiger partial charge in [0.05, 0.1) is 0 Å². The molecule has 1 aliphatic rings. The second-order valence-corrected chi connectivity index (χ2v) is 8.62. The maximum absolute atomic E-state index is 13.7. The number of aryl methyl sites for hydroxylation is 1. The van der Waals surface area contributed by atoms with Crippen LogP contribution in [0.15, 0.2) is 54.2 Å². The number of benzene rings is 1. The van der Waals surface area contributed by atoms with Crippen LogP contribution in [0.5, 0.6) is 0 Å². The van der Waals surface area contributed by atoms with Crippen LogP contribution >= 0.6 is 11.5 Å². The Morgan fingerprint density at radius 3 is 2.44 bits per heavy atom. The van der Waals surface area contributed by atoms with E-state index >= 15 is 0 Å². The second kappa shape index (κ2) is 10.5. The van der Waals surface area contributed by atoms with E-state index < -0.39 is 6.04 Å². The monoisotopic (exact) mass is 449 g/mol. The van der Waals surface area contributed by atoms with Crippen molar-refractivity contribution in [3.8, 4) is 0 Å². The summed E-state index contributed by atoms with van der Waals surface area (Å²) in [6.07, 6.45) is 9.51. The fraction of sp³-hybridized carbons (Fsp3) is 0.375. The number of hydrogen-bond donors (Lipinski definition) is 1. The maximum Gasteiger partial charge on any atom is 0.280 e. The summed E-state index contributed by atoms with van der Waals surface area (Å²) in [5.74, 6) is -0.553. The Labute approximate surface area is 192 Å². The number of pyridine rings is 1. The lowest BCUT2D eigenvalue weighted by Gasteiger charge is -2.33. The molecule has 7 nitrogen and oxygen atoms in total. The SMILES string of the molecule is CCc1ccc(N(C(=O)c2csnn2)[C@@H](C(=O)NC2CCCCC2)c2ccncc2)cc1. The minimum absolute atomic E-state index is 0.126. The van der Waals surface area contributed by atoms with Gasteiger partial charge in [-0.15, -0.1) is 5.10 Å². The Morgan fingerprint density at radius 1 is 1.09 bits per heavy atom. The Hall–Kier alpha value is -3.13. The van der Waals surface area contributed by atoms with Crippen LogP contribution in [0, 0.1) is 0 Å². The molecule has 0 radical (unpaired) electrons. The summed E-state index contributed by atoms with van der Waals surface area (Å²) in [5.41, 5.74) is 2.72. The van der Waals surface area contributed by atoms with E-state index in [0.717, 1.165) is 49.2 Å². The van der Waals surface area contributed by atoms with Crippen LogP contribution in [-0.2, 0) is 11.2 Å². The molecule has 0 bridgehead atoms. The molecule has 0 spiro atoms. The predicted octanol–water partition coefficient (Wildman–Crippen LogP) is 4.33. The van der Waals surface area contributed by atoms with Gasteiger partial charge in [-0.2, -0.15) is 0 Å². The van der Waals surface area contributed by atoms with E-state index in [9.17, 15) is 9.59 Å². The average molecular weight is 450 g/mol. The molecule has 2 amide bonds. The number of hydrogen-bond acceptors (Lipinski definition) is 6. The van der Waals surface area contributed by atoms with Crippen molar-refractivity contribution in [2.24, 2.45) is 0 Å². The zero-order valence-electron chi connectivity index (χ0n) is 18.1. The fourth-order valence-corrected chi connectivity index (χ4v) is 4.58. The minimum atomic E-state index is -0.846. The highest BCUT2D eigenvalue weighted by atomic mass is 32.1. The van der Waals surface area contributed by atoms with E-state index in [0.29, 0.717) is 11.3 Å². The number of amides is 2. The van der Waals surface area contributed by atoms with Gasteiger partial charge in [0, 0.05) is 29.5 Å². The van der Waals surface area contributed by atoms with Crippen LogP contribution in [0.1, 0.15) is 66.7 Å². The van der Waals surface area contributed by atoms with E-state index in [4.69, 9.17) is 0 Å². The molecule has 1 atom stereocenters. The molecule has 0 saturated heterocycles. The van der Waals surface area contributed by atoms with Gasteiger partial charge in [0.2, 0.25) is 5.91 Å². The zero-order valence-corrected chi connectivity index (χ0v) is 18.9. The molecule has 1 aromatic carbocycles. The first-order valence-corrected chi connectivity index (χ1v) is 11.9. The first-order chi connectivity index (χ1) is 15.7. The number of nitrogens with one attached hydrogen (secondary N) is 1. The van der Waals surface area contributed by atoms with Crippen molar-refractivity contribution in [3.63, 3.8) is 0 Å². The topological polar surface area (TPSA) is 88.1 Å². The Bertz CT molecular complexity index is 1020. The van der Waals surface area contributed by atoms with E-state index in [2.05, 4.69) is 26.8 Å². The molecule has 166 valence electrons. The lowest BCUT2D eigenvalue weighted by molar-refractivity contribution is -0.123. The summed E-state index contributed by atoms with van der Waals surface area (Å²) < 4.78 is 3.85. The second-order valence-electron chi connectivity index (χ2n) is 8.01. The molecular formula is C24H27N5O2S. The first kappa shape index (κ1) is 22.1. The molecule has 1 aliphatic carbocycles. The molecule has 1 N–H and O–H groups in total. The summed E-state index contributed by atoms with van der Waals surface area (Å²) in [4.78, 5) is 32.9. The van der Waals surface area contributed by atoms with Crippen molar-refractivity contribution in [1.82, 2.24) is 19.9 Å². The van der Waals surface area contributed by atoms with E-state index in [1.165, 1.54) is 11.3 Å². The number of rotatable bonds is 7. The molecule has 0 aliphatic heterocycles. The number of carbonyl (C=O) groups is 2. The number of aromatic nitrogens is 3. The Kier molecular flexibility index (Phi) is 7.21. The van der Waals surface area contributed by atoms with Crippen LogP contribution in [0.3, 0.4) is 0 Å². The summed E-state index contributed by atoms with van der Waals surface area (Å²) in [5, 5.41) is 8.79. The third-order valence-corrected chi connectivity index (χ3v) is 6.41. The number of carbonyl (C=O) groups excluding carboxylic acids is 2. The summed E-state index contributed by atoms with van der Waals surface area (Å²) in [6.45, 7) is 2.08. The van der Waals surface area contributed by atoms with Crippen molar-refractivity contribution < 1.29 is 9.59 Å². The predicted molar refractivity (Wildman–Crippen MR) is 125 cm³/mol. The highest BCUT2D eigenvalue weighted by Crippen LogP contribution is 2.30. The summed E-state index contributed by atoms with van der Waals surface area (Å²) in [7, 11) is 0. The van der Waals surface area contributed by atoms with Crippen molar-refractivity contribution in [2.45, 2.75) is 57.5 Å². The molecule has 32 heavy (non-hydrogen) atoms. The van der Waals surface area contributed by atoms with Gasteiger partial charge in [-0.3, -0.25) is 19.5 Å². The maximum atomic E-state index is 13.7. The highest BCUT2D eigenvalue weighted by Gasteiger charge is 2.35. The smallest absolute Gasteiger partial charge is 0.280 e. The summed E-state index contributed by atoms with van der Waals surface area (Å²) >= 11 is 1.11. The zero-order chi connectivity index (χ0) is 22.3.